The first kappa shape index (κ1) is 18.6. The topological polar surface area (TPSA) is 103 Å². The minimum Gasteiger partial charge on any atom is -0.368 e. The van der Waals surface area contributed by atoms with Gasteiger partial charge in [-0.1, -0.05) is 12.1 Å². The molecule has 3 aromatic heterocycles. The van der Waals surface area contributed by atoms with Crippen LogP contribution in [0.5, 0.6) is 0 Å². The molecule has 0 bridgehead atoms. The molecule has 0 aliphatic carbocycles. The molecule has 4 aromatic rings. The number of aromatic nitrogens is 6. The Bertz CT molecular complexity index is 1150. The summed E-state index contributed by atoms with van der Waals surface area (Å²) in [5, 5.41) is 10.5. The maximum Gasteiger partial charge on any atom is 0.240 e. The molecule has 0 spiro atoms. The number of imidazole rings is 1. The van der Waals surface area contributed by atoms with Gasteiger partial charge in [-0.3, -0.25) is 4.79 Å². The SMILES string of the molecule is Cc1cc(C)n(-c2cc(NCCNC(=O)Cn3cnc4ccccc43)ncn2)n1. The van der Waals surface area contributed by atoms with Crippen molar-refractivity contribution < 1.29 is 4.79 Å². The lowest BCUT2D eigenvalue weighted by Gasteiger charge is -2.09. The van der Waals surface area contributed by atoms with Crippen molar-refractivity contribution in [1.29, 1.82) is 0 Å². The van der Waals surface area contributed by atoms with Crippen LogP contribution < -0.4 is 10.6 Å². The standard InChI is InChI=1S/C20H22N8O/c1-14-9-15(2)28(26-14)19-10-18(23-12-24-19)21-7-8-22-20(29)11-27-13-25-16-5-3-4-6-17(16)27/h3-6,9-10,12-13H,7-8,11H2,1-2H3,(H,22,29)(H,21,23,24). The average molecular weight is 390 g/mol. The molecular formula is C20H22N8O. The maximum atomic E-state index is 12.2. The van der Waals surface area contributed by atoms with Crippen molar-refractivity contribution in [2.75, 3.05) is 18.4 Å². The Kier molecular flexibility index (Phi) is 5.19. The van der Waals surface area contributed by atoms with Crippen molar-refractivity contribution in [2.24, 2.45) is 0 Å². The summed E-state index contributed by atoms with van der Waals surface area (Å²) in [6.07, 6.45) is 3.18. The van der Waals surface area contributed by atoms with Crippen LogP contribution in [0.4, 0.5) is 5.82 Å². The molecule has 0 radical (unpaired) electrons. The minimum atomic E-state index is -0.0685. The van der Waals surface area contributed by atoms with E-state index in [0.29, 0.717) is 24.7 Å². The Morgan fingerprint density at radius 1 is 1.07 bits per heavy atom. The third-order valence-electron chi connectivity index (χ3n) is 4.47. The van der Waals surface area contributed by atoms with Gasteiger partial charge in [-0.05, 0) is 32.0 Å². The molecule has 1 amide bonds. The molecule has 4 rings (SSSR count). The van der Waals surface area contributed by atoms with Crippen LogP contribution in [0, 0.1) is 13.8 Å². The van der Waals surface area contributed by atoms with Gasteiger partial charge in [-0.15, -0.1) is 0 Å². The second-order valence-corrected chi connectivity index (χ2v) is 6.74. The molecule has 0 fully saturated rings. The molecule has 2 N–H and O–H groups in total. The quantitative estimate of drug-likeness (QED) is 0.467. The first-order chi connectivity index (χ1) is 14.1. The number of para-hydroxylation sites is 2. The molecule has 29 heavy (non-hydrogen) atoms. The zero-order valence-electron chi connectivity index (χ0n) is 16.3. The van der Waals surface area contributed by atoms with E-state index in [2.05, 4.69) is 30.7 Å². The summed E-state index contributed by atoms with van der Waals surface area (Å²) in [7, 11) is 0. The Morgan fingerprint density at radius 3 is 2.76 bits per heavy atom. The van der Waals surface area contributed by atoms with Crippen molar-refractivity contribution in [3.8, 4) is 5.82 Å². The third kappa shape index (κ3) is 4.23. The van der Waals surface area contributed by atoms with Gasteiger partial charge in [-0.2, -0.15) is 5.10 Å². The van der Waals surface area contributed by atoms with E-state index in [-0.39, 0.29) is 12.5 Å². The van der Waals surface area contributed by atoms with E-state index in [1.54, 1.807) is 11.0 Å². The van der Waals surface area contributed by atoms with E-state index in [1.807, 2.05) is 54.8 Å². The highest BCUT2D eigenvalue weighted by molar-refractivity contribution is 5.80. The maximum absolute atomic E-state index is 12.2. The predicted molar refractivity (Wildman–Crippen MR) is 110 cm³/mol. The van der Waals surface area contributed by atoms with Crippen LogP contribution in [0.2, 0.25) is 0 Å². The number of rotatable bonds is 7. The summed E-state index contributed by atoms with van der Waals surface area (Å²) in [6.45, 7) is 5.18. The van der Waals surface area contributed by atoms with Gasteiger partial charge in [0.05, 0.1) is 23.1 Å². The van der Waals surface area contributed by atoms with Crippen molar-refractivity contribution in [1.82, 2.24) is 34.6 Å². The molecular weight excluding hydrogens is 368 g/mol. The van der Waals surface area contributed by atoms with E-state index in [1.165, 1.54) is 6.33 Å². The summed E-state index contributed by atoms with van der Waals surface area (Å²) in [6, 6.07) is 11.6. The molecule has 3 heterocycles. The number of hydrogen-bond acceptors (Lipinski definition) is 6. The highest BCUT2D eigenvalue weighted by atomic mass is 16.1. The summed E-state index contributed by atoms with van der Waals surface area (Å²) < 4.78 is 3.61. The van der Waals surface area contributed by atoms with Gasteiger partial charge in [0.1, 0.15) is 18.7 Å². The van der Waals surface area contributed by atoms with Gasteiger partial charge in [-0.25, -0.2) is 19.6 Å². The van der Waals surface area contributed by atoms with Crippen molar-refractivity contribution in [2.45, 2.75) is 20.4 Å². The molecule has 0 aliphatic rings. The lowest BCUT2D eigenvalue weighted by atomic mass is 10.3. The van der Waals surface area contributed by atoms with E-state index in [4.69, 9.17) is 0 Å². The Labute approximate surface area is 167 Å². The molecule has 0 unspecified atom stereocenters. The van der Waals surface area contributed by atoms with E-state index in [9.17, 15) is 4.79 Å². The van der Waals surface area contributed by atoms with Gasteiger partial charge >= 0.3 is 0 Å². The molecule has 0 aliphatic heterocycles. The van der Waals surface area contributed by atoms with Crippen molar-refractivity contribution >= 4 is 22.8 Å². The van der Waals surface area contributed by atoms with Crippen LogP contribution >= 0.6 is 0 Å². The average Bonchev–Trinajstić information content (AvgIpc) is 3.28. The highest BCUT2D eigenvalue weighted by Gasteiger charge is 2.08. The second-order valence-electron chi connectivity index (χ2n) is 6.74. The molecule has 9 heteroatoms. The number of anilines is 1. The zero-order chi connectivity index (χ0) is 20.2. The molecule has 9 nitrogen and oxygen atoms in total. The fourth-order valence-corrected chi connectivity index (χ4v) is 3.16. The van der Waals surface area contributed by atoms with Crippen LogP contribution in [-0.2, 0) is 11.3 Å². The van der Waals surface area contributed by atoms with Gasteiger partial charge < -0.3 is 15.2 Å². The number of carbonyl (C=O) groups is 1. The molecule has 1 aromatic carbocycles. The zero-order valence-corrected chi connectivity index (χ0v) is 16.3. The molecule has 0 saturated heterocycles. The smallest absolute Gasteiger partial charge is 0.240 e. The lowest BCUT2D eigenvalue weighted by Crippen LogP contribution is -2.31. The minimum absolute atomic E-state index is 0.0685. The summed E-state index contributed by atoms with van der Waals surface area (Å²) in [5.41, 5.74) is 3.76. The summed E-state index contributed by atoms with van der Waals surface area (Å²) in [4.78, 5) is 25.0. The number of benzene rings is 1. The number of hydrogen-bond donors (Lipinski definition) is 2. The number of nitrogens with one attached hydrogen (secondary N) is 2. The number of carbonyl (C=O) groups excluding carboxylic acids is 1. The molecule has 148 valence electrons. The number of amides is 1. The highest BCUT2D eigenvalue weighted by Crippen LogP contribution is 2.12. The van der Waals surface area contributed by atoms with Crippen molar-refractivity contribution in [3.63, 3.8) is 0 Å². The van der Waals surface area contributed by atoms with Gasteiger partial charge in [0.2, 0.25) is 5.91 Å². The van der Waals surface area contributed by atoms with Crippen LogP contribution in [0.15, 0.2) is 49.1 Å². The van der Waals surface area contributed by atoms with Gasteiger partial charge in [0.25, 0.3) is 0 Å². The molecule has 0 saturated carbocycles. The van der Waals surface area contributed by atoms with Crippen molar-refractivity contribution in [3.05, 3.63) is 60.4 Å². The number of aryl methyl sites for hydroxylation is 2. The van der Waals surface area contributed by atoms with E-state index >= 15 is 0 Å². The Hall–Kier alpha value is -3.75. The lowest BCUT2D eigenvalue weighted by molar-refractivity contribution is -0.121. The Balaban J connectivity index is 1.29. The van der Waals surface area contributed by atoms with Crippen LogP contribution in [0.3, 0.4) is 0 Å². The van der Waals surface area contributed by atoms with Crippen LogP contribution in [-0.4, -0.2) is 48.3 Å². The van der Waals surface area contributed by atoms with E-state index < -0.39 is 0 Å². The third-order valence-corrected chi connectivity index (χ3v) is 4.47. The van der Waals surface area contributed by atoms with Crippen LogP contribution in [0.25, 0.3) is 16.9 Å². The molecule has 0 atom stereocenters. The summed E-state index contributed by atoms with van der Waals surface area (Å²) >= 11 is 0. The normalized spacial score (nSPS) is 11.0. The second kappa shape index (κ2) is 8.09. The largest absolute Gasteiger partial charge is 0.368 e. The first-order valence-electron chi connectivity index (χ1n) is 9.36. The monoisotopic (exact) mass is 390 g/mol. The van der Waals surface area contributed by atoms with Gasteiger partial charge in [0.15, 0.2) is 5.82 Å². The van der Waals surface area contributed by atoms with Crippen LogP contribution in [0.1, 0.15) is 11.4 Å². The van der Waals surface area contributed by atoms with E-state index in [0.717, 1.165) is 22.4 Å². The van der Waals surface area contributed by atoms with Gasteiger partial charge in [0, 0.05) is 24.8 Å². The number of fused-ring (bicyclic) bond motifs is 1. The summed E-state index contributed by atoms with van der Waals surface area (Å²) in [5.74, 6) is 1.31. The fourth-order valence-electron chi connectivity index (χ4n) is 3.16. The predicted octanol–water partition coefficient (Wildman–Crippen LogP) is 1.86. The fraction of sp³-hybridized carbons (Fsp3) is 0.250. The number of nitrogens with zero attached hydrogens (tertiary/aromatic N) is 6. The first-order valence-corrected chi connectivity index (χ1v) is 9.36. The Morgan fingerprint density at radius 2 is 1.93 bits per heavy atom.